The van der Waals surface area contributed by atoms with Gasteiger partial charge in [-0.1, -0.05) is 18.2 Å². The number of H-pyrrole nitrogens is 1. The van der Waals surface area contributed by atoms with Crippen LogP contribution in [0, 0.1) is 0 Å². The molecule has 0 bridgehead atoms. The van der Waals surface area contributed by atoms with E-state index in [0.717, 1.165) is 32.2 Å². The molecule has 2 aromatic rings. The van der Waals surface area contributed by atoms with E-state index in [-0.39, 0.29) is 11.9 Å². The molecule has 1 saturated heterocycles. The van der Waals surface area contributed by atoms with Crippen LogP contribution >= 0.6 is 0 Å². The van der Waals surface area contributed by atoms with Gasteiger partial charge in [-0.05, 0) is 37.3 Å². The van der Waals surface area contributed by atoms with E-state index in [0.29, 0.717) is 13.0 Å². The van der Waals surface area contributed by atoms with Gasteiger partial charge in [-0.15, -0.1) is 0 Å². The van der Waals surface area contributed by atoms with Gasteiger partial charge in [-0.2, -0.15) is 0 Å². The van der Waals surface area contributed by atoms with E-state index < -0.39 is 0 Å². The van der Waals surface area contributed by atoms with E-state index in [1.807, 2.05) is 11.0 Å². The van der Waals surface area contributed by atoms with Gasteiger partial charge in [0.2, 0.25) is 5.91 Å². The Morgan fingerprint density at radius 1 is 1.38 bits per heavy atom. The first-order valence-electron chi connectivity index (χ1n) is 7.84. The number of hydrogen-bond donors (Lipinski definition) is 2. The fourth-order valence-corrected chi connectivity index (χ4v) is 3.32. The van der Waals surface area contributed by atoms with Gasteiger partial charge in [-0.25, -0.2) is 0 Å². The molecule has 3 rings (SSSR count). The van der Waals surface area contributed by atoms with E-state index in [1.165, 1.54) is 16.5 Å². The summed E-state index contributed by atoms with van der Waals surface area (Å²) >= 11 is 0. The lowest BCUT2D eigenvalue weighted by Gasteiger charge is -2.23. The van der Waals surface area contributed by atoms with Crippen molar-refractivity contribution in [2.24, 2.45) is 5.73 Å². The molecule has 1 atom stereocenters. The maximum atomic E-state index is 12.3. The maximum Gasteiger partial charge on any atom is 0.222 e. The molecule has 0 aliphatic carbocycles. The summed E-state index contributed by atoms with van der Waals surface area (Å²) in [4.78, 5) is 17.5. The lowest BCUT2D eigenvalue weighted by molar-refractivity contribution is -0.131. The zero-order valence-corrected chi connectivity index (χ0v) is 12.3. The van der Waals surface area contributed by atoms with Gasteiger partial charge >= 0.3 is 0 Å². The number of carbonyl (C=O) groups is 1. The van der Waals surface area contributed by atoms with Crippen LogP contribution in [0.1, 0.15) is 31.2 Å². The first kappa shape index (κ1) is 14.1. The molecule has 4 nitrogen and oxygen atoms in total. The second-order valence-electron chi connectivity index (χ2n) is 5.83. The topological polar surface area (TPSA) is 62.1 Å². The highest BCUT2D eigenvalue weighted by atomic mass is 16.2. The lowest BCUT2D eigenvalue weighted by atomic mass is 10.1. The number of nitrogens with two attached hydrogens (primary N) is 1. The molecule has 1 unspecified atom stereocenters. The number of para-hydroxylation sites is 1. The van der Waals surface area contributed by atoms with Gasteiger partial charge in [0.05, 0.1) is 0 Å². The Morgan fingerprint density at radius 3 is 3.10 bits per heavy atom. The summed E-state index contributed by atoms with van der Waals surface area (Å²) in [5.41, 5.74) is 8.20. The standard InChI is InChI=1S/C17H23N3O/c18-11-14-6-4-10-20(14)17(21)9-3-5-13-12-19-16-8-2-1-7-15(13)16/h1-2,7-8,12,14,19H,3-6,9-11,18H2. The number of fused-ring (bicyclic) bond motifs is 1. The van der Waals surface area contributed by atoms with E-state index in [9.17, 15) is 4.79 Å². The van der Waals surface area contributed by atoms with Crippen LogP contribution in [0.25, 0.3) is 10.9 Å². The third-order valence-corrected chi connectivity index (χ3v) is 4.48. The van der Waals surface area contributed by atoms with E-state index in [4.69, 9.17) is 5.73 Å². The van der Waals surface area contributed by atoms with Crippen LogP contribution in [-0.4, -0.2) is 34.9 Å². The Bertz CT molecular complexity index is 619. The molecule has 0 spiro atoms. The molecule has 1 amide bonds. The average Bonchev–Trinajstić information content (AvgIpc) is 3.14. The number of nitrogens with one attached hydrogen (secondary N) is 1. The number of aromatic nitrogens is 1. The molecule has 2 heterocycles. The molecule has 1 aromatic heterocycles. The van der Waals surface area contributed by atoms with Crippen LogP contribution in [0.3, 0.4) is 0 Å². The fraction of sp³-hybridized carbons (Fsp3) is 0.471. The molecule has 1 aliphatic heterocycles. The Hall–Kier alpha value is -1.81. The highest BCUT2D eigenvalue weighted by molar-refractivity contribution is 5.83. The Kier molecular flexibility index (Phi) is 4.25. The molecule has 112 valence electrons. The van der Waals surface area contributed by atoms with Crippen molar-refractivity contribution in [2.45, 2.75) is 38.1 Å². The number of aryl methyl sites for hydroxylation is 1. The number of hydrogen-bond acceptors (Lipinski definition) is 2. The summed E-state index contributed by atoms with van der Waals surface area (Å²) in [5.74, 6) is 0.266. The second kappa shape index (κ2) is 6.31. The van der Waals surface area contributed by atoms with Crippen LogP contribution in [0.4, 0.5) is 0 Å². The molecule has 3 N–H and O–H groups in total. The van der Waals surface area contributed by atoms with Gasteiger partial charge in [0.25, 0.3) is 0 Å². The van der Waals surface area contributed by atoms with Gasteiger partial charge in [0.15, 0.2) is 0 Å². The van der Waals surface area contributed by atoms with Crippen molar-refractivity contribution in [3.05, 3.63) is 36.0 Å². The van der Waals surface area contributed by atoms with Gasteiger partial charge in [0, 0.05) is 42.7 Å². The average molecular weight is 285 g/mol. The van der Waals surface area contributed by atoms with Crippen LogP contribution < -0.4 is 5.73 Å². The number of aromatic amines is 1. The van der Waals surface area contributed by atoms with E-state index in [1.54, 1.807) is 0 Å². The Labute approximate surface area is 125 Å². The van der Waals surface area contributed by atoms with Crippen molar-refractivity contribution in [1.29, 1.82) is 0 Å². The van der Waals surface area contributed by atoms with E-state index >= 15 is 0 Å². The monoisotopic (exact) mass is 285 g/mol. The molecule has 0 saturated carbocycles. The highest BCUT2D eigenvalue weighted by Gasteiger charge is 2.26. The molecule has 0 radical (unpaired) electrons. The predicted molar refractivity (Wildman–Crippen MR) is 85.0 cm³/mol. The first-order valence-corrected chi connectivity index (χ1v) is 7.84. The van der Waals surface area contributed by atoms with Crippen molar-refractivity contribution in [3.63, 3.8) is 0 Å². The zero-order chi connectivity index (χ0) is 14.7. The van der Waals surface area contributed by atoms with Crippen molar-refractivity contribution >= 4 is 16.8 Å². The zero-order valence-electron chi connectivity index (χ0n) is 12.3. The summed E-state index contributed by atoms with van der Waals surface area (Å²) in [7, 11) is 0. The number of benzene rings is 1. The number of nitrogens with zero attached hydrogens (tertiary/aromatic N) is 1. The largest absolute Gasteiger partial charge is 0.361 e. The van der Waals surface area contributed by atoms with Crippen LogP contribution in [0.5, 0.6) is 0 Å². The van der Waals surface area contributed by atoms with Gasteiger partial charge < -0.3 is 15.6 Å². The minimum Gasteiger partial charge on any atom is -0.361 e. The van der Waals surface area contributed by atoms with Crippen molar-refractivity contribution in [3.8, 4) is 0 Å². The summed E-state index contributed by atoms with van der Waals surface area (Å²) in [6.07, 6.45) is 6.68. The van der Waals surface area contributed by atoms with Crippen molar-refractivity contribution in [1.82, 2.24) is 9.88 Å². The molecule has 1 aliphatic rings. The SMILES string of the molecule is NCC1CCCN1C(=O)CCCc1c[nH]c2ccccc12. The summed E-state index contributed by atoms with van der Waals surface area (Å²) < 4.78 is 0. The Balaban J connectivity index is 1.55. The number of carbonyl (C=O) groups excluding carboxylic acids is 1. The van der Waals surface area contributed by atoms with Crippen LogP contribution in [0.2, 0.25) is 0 Å². The third kappa shape index (κ3) is 2.95. The molecule has 1 fully saturated rings. The maximum absolute atomic E-state index is 12.3. The first-order chi connectivity index (χ1) is 10.3. The predicted octanol–water partition coefficient (Wildman–Crippen LogP) is 2.44. The number of rotatable bonds is 5. The van der Waals surface area contributed by atoms with Crippen molar-refractivity contribution < 1.29 is 4.79 Å². The third-order valence-electron chi connectivity index (χ3n) is 4.48. The Morgan fingerprint density at radius 2 is 2.24 bits per heavy atom. The normalized spacial score (nSPS) is 18.5. The van der Waals surface area contributed by atoms with Gasteiger partial charge in [-0.3, -0.25) is 4.79 Å². The summed E-state index contributed by atoms with van der Waals surface area (Å²) in [6.45, 7) is 1.47. The molecular formula is C17H23N3O. The molecule has 1 aromatic carbocycles. The molecule has 4 heteroatoms. The smallest absolute Gasteiger partial charge is 0.222 e. The minimum atomic E-state index is 0.266. The van der Waals surface area contributed by atoms with Crippen LogP contribution in [-0.2, 0) is 11.2 Å². The van der Waals surface area contributed by atoms with E-state index in [2.05, 4.69) is 29.4 Å². The number of likely N-dealkylation sites (tertiary alicyclic amines) is 1. The quantitative estimate of drug-likeness (QED) is 0.886. The fourth-order valence-electron chi connectivity index (χ4n) is 3.32. The number of amides is 1. The lowest BCUT2D eigenvalue weighted by Crippen LogP contribution is -2.39. The molecule has 21 heavy (non-hydrogen) atoms. The summed E-state index contributed by atoms with van der Waals surface area (Å²) in [6, 6.07) is 8.58. The van der Waals surface area contributed by atoms with Crippen LogP contribution in [0.15, 0.2) is 30.5 Å². The van der Waals surface area contributed by atoms with Crippen molar-refractivity contribution in [2.75, 3.05) is 13.1 Å². The second-order valence-corrected chi connectivity index (χ2v) is 5.83. The molecular weight excluding hydrogens is 262 g/mol. The summed E-state index contributed by atoms with van der Waals surface area (Å²) in [5, 5.41) is 1.27. The highest BCUT2D eigenvalue weighted by Crippen LogP contribution is 2.21. The minimum absolute atomic E-state index is 0.266. The van der Waals surface area contributed by atoms with Gasteiger partial charge in [0.1, 0.15) is 0 Å².